The van der Waals surface area contributed by atoms with Gasteiger partial charge in [-0.2, -0.15) is 5.10 Å². The molecule has 12 heavy (non-hydrogen) atoms. The fraction of sp³-hybridized carbons (Fsp3) is 0.625. The van der Waals surface area contributed by atoms with Gasteiger partial charge in [-0.25, -0.2) is 0 Å². The molecule has 68 valence electrons. The molecule has 4 heteroatoms. The minimum atomic E-state index is -0.0938. The first kappa shape index (κ1) is 9.22. The number of rotatable bonds is 3. The summed E-state index contributed by atoms with van der Waals surface area (Å²) in [6, 6.07) is -0.0938. The Balaban J connectivity index is 2.79. The Bertz CT molecular complexity index is 257. The normalized spacial score (nSPS) is 13.3. The SMILES string of the molecule is Cc1nn(C)cc1[C@@H](N)CCO. The molecule has 1 heterocycles. The van der Waals surface area contributed by atoms with Crippen LogP contribution in [0.1, 0.15) is 23.7 Å². The van der Waals surface area contributed by atoms with Crippen LogP contribution in [0.25, 0.3) is 0 Å². The van der Waals surface area contributed by atoms with Gasteiger partial charge in [-0.3, -0.25) is 4.68 Å². The number of nitrogens with two attached hydrogens (primary N) is 1. The number of aryl methyl sites for hydroxylation is 2. The van der Waals surface area contributed by atoms with Crippen molar-refractivity contribution < 1.29 is 5.11 Å². The molecule has 0 aliphatic carbocycles. The minimum Gasteiger partial charge on any atom is -0.396 e. The maximum atomic E-state index is 8.69. The Morgan fingerprint density at radius 2 is 2.42 bits per heavy atom. The van der Waals surface area contributed by atoms with Gasteiger partial charge in [0.15, 0.2) is 0 Å². The molecule has 0 aromatic carbocycles. The number of aliphatic hydroxyl groups is 1. The van der Waals surface area contributed by atoms with E-state index >= 15 is 0 Å². The molecule has 0 amide bonds. The van der Waals surface area contributed by atoms with Crippen molar-refractivity contribution in [2.75, 3.05) is 6.61 Å². The van der Waals surface area contributed by atoms with Crippen LogP contribution in [0.5, 0.6) is 0 Å². The Morgan fingerprint density at radius 3 is 2.83 bits per heavy atom. The average molecular weight is 169 g/mol. The van der Waals surface area contributed by atoms with Crippen LogP contribution in [-0.4, -0.2) is 21.5 Å². The summed E-state index contributed by atoms with van der Waals surface area (Å²) < 4.78 is 1.74. The number of hydrogen-bond donors (Lipinski definition) is 2. The van der Waals surface area contributed by atoms with Crippen molar-refractivity contribution in [3.8, 4) is 0 Å². The molecule has 0 saturated carbocycles. The first-order chi connectivity index (χ1) is 5.65. The van der Waals surface area contributed by atoms with Gasteiger partial charge >= 0.3 is 0 Å². The molecule has 1 rings (SSSR count). The van der Waals surface area contributed by atoms with Crippen LogP contribution >= 0.6 is 0 Å². The Morgan fingerprint density at radius 1 is 1.75 bits per heavy atom. The molecule has 0 spiro atoms. The highest BCUT2D eigenvalue weighted by Gasteiger charge is 2.10. The highest BCUT2D eigenvalue weighted by molar-refractivity contribution is 5.19. The number of aromatic nitrogens is 2. The quantitative estimate of drug-likeness (QED) is 0.675. The van der Waals surface area contributed by atoms with Crippen molar-refractivity contribution in [1.82, 2.24) is 9.78 Å². The first-order valence-corrected chi connectivity index (χ1v) is 4.01. The zero-order valence-corrected chi connectivity index (χ0v) is 7.49. The van der Waals surface area contributed by atoms with Gasteiger partial charge in [-0.1, -0.05) is 0 Å². The van der Waals surface area contributed by atoms with Crippen molar-refractivity contribution in [2.45, 2.75) is 19.4 Å². The molecule has 0 fully saturated rings. The summed E-state index contributed by atoms with van der Waals surface area (Å²) in [7, 11) is 1.86. The third kappa shape index (κ3) is 1.84. The van der Waals surface area contributed by atoms with Crippen LogP contribution in [-0.2, 0) is 7.05 Å². The third-order valence-corrected chi connectivity index (χ3v) is 1.89. The summed E-state index contributed by atoms with van der Waals surface area (Å²) in [6.07, 6.45) is 2.49. The molecule has 3 N–H and O–H groups in total. The summed E-state index contributed by atoms with van der Waals surface area (Å²) in [5.74, 6) is 0. The average Bonchev–Trinajstić information content (AvgIpc) is 2.30. The van der Waals surface area contributed by atoms with Crippen molar-refractivity contribution >= 4 is 0 Å². The van der Waals surface area contributed by atoms with Crippen molar-refractivity contribution in [2.24, 2.45) is 12.8 Å². The molecule has 1 atom stereocenters. The molecule has 0 aliphatic rings. The van der Waals surface area contributed by atoms with E-state index in [1.54, 1.807) is 4.68 Å². The molecule has 0 bridgehead atoms. The standard InChI is InChI=1S/C8H15N3O/c1-6-7(5-11(2)10-6)8(9)3-4-12/h5,8,12H,3-4,9H2,1-2H3/t8-/m0/s1. The second kappa shape index (κ2) is 3.69. The van der Waals surface area contributed by atoms with E-state index in [0.717, 1.165) is 11.3 Å². The van der Waals surface area contributed by atoms with Crippen LogP contribution in [0, 0.1) is 6.92 Å². The van der Waals surface area contributed by atoms with E-state index in [2.05, 4.69) is 5.10 Å². The summed E-state index contributed by atoms with van der Waals surface area (Å²) in [5.41, 5.74) is 7.77. The molecule has 0 aliphatic heterocycles. The lowest BCUT2D eigenvalue weighted by atomic mass is 10.1. The van der Waals surface area contributed by atoms with Crippen LogP contribution < -0.4 is 5.73 Å². The molecular weight excluding hydrogens is 154 g/mol. The maximum absolute atomic E-state index is 8.69. The predicted molar refractivity (Wildman–Crippen MR) is 46.6 cm³/mol. The highest BCUT2D eigenvalue weighted by atomic mass is 16.3. The maximum Gasteiger partial charge on any atom is 0.0641 e. The van der Waals surface area contributed by atoms with Gasteiger partial charge in [0.25, 0.3) is 0 Å². The summed E-state index contributed by atoms with van der Waals surface area (Å²) in [5, 5.41) is 12.9. The minimum absolute atomic E-state index is 0.0938. The molecule has 4 nitrogen and oxygen atoms in total. The largest absolute Gasteiger partial charge is 0.396 e. The summed E-state index contributed by atoms with van der Waals surface area (Å²) >= 11 is 0. The molecule has 0 saturated heterocycles. The molecule has 0 radical (unpaired) electrons. The Kier molecular flexibility index (Phi) is 2.83. The van der Waals surface area contributed by atoms with E-state index in [-0.39, 0.29) is 12.6 Å². The van der Waals surface area contributed by atoms with E-state index in [0.29, 0.717) is 6.42 Å². The lowest BCUT2D eigenvalue weighted by Gasteiger charge is -2.07. The topological polar surface area (TPSA) is 64.1 Å². The number of nitrogens with zero attached hydrogens (tertiary/aromatic N) is 2. The smallest absolute Gasteiger partial charge is 0.0641 e. The second-order valence-electron chi connectivity index (χ2n) is 2.96. The first-order valence-electron chi connectivity index (χ1n) is 4.01. The monoisotopic (exact) mass is 169 g/mol. The van der Waals surface area contributed by atoms with Gasteiger partial charge in [0.1, 0.15) is 0 Å². The molecular formula is C8H15N3O. The Hall–Kier alpha value is -0.870. The van der Waals surface area contributed by atoms with E-state index in [1.807, 2.05) is 20.2 Å². The Labute approximate surface area is 72.0 Å². The van der Waals surface area contributed by atoms with E-state index < -0.39 is 0 Å². The van der Waals surface area contributed by atoms with Gasteiger partial charge < -0.3 is 10.8 Å². The molecule has 1 aromatic heterocycles. The van der Waals surface area contributed by atoms with Crippen LogP contribution in [0.4, 0.5) is 0 Å². The van der Waals surface area contributed by atoms with Crippen LogP contribution in [0.3, 0.4) is 0 Å². The highest BCUT2D eigenvalue weighted by Crippen LogP contribution is 2.15. The summed E-state index contributed by atoms with van der Waals surface area (Å²) in [4.78, 5) is 0. The lowest BCUT2D eigenvalue weighted by Crippen LogP contribution is -2.12. The third-order valence-electron chi connectivity index (χ3n) is 1.89. The van der Waals surface area contributed by atoms with Gasteiger partial charge in [0, 0.05) is 31.5 Å². The van der Waals surface area contributed by atoms with Gasteiger partial charge in [0.05, 0.1) is 5.69 Å². The van der Waals surface area contributed by atoms with Crippen molar-refractivity contribution in [1.29, 1.82) is 0 Å². The molecule has 0 unspecified atom stereocenters. The van der Waals surface area contributed by atoms with Gasteiger partial charge in [-0.05, 0) is 13.3 Å². The zero-order valence-electron chi connectivity index (χ0n) is 7.49. The van der Waals surface area contributed by atoms with Crippen molar-refractivity contribution in [3.63, 3.8) is 0 Å². The van der Waals surface area contributed by atoms with Gasteiger partial charge in [-0.15, -0.1) is 0 Å². The number of hydrogen-bond acceptors (Lipinski definition) is 3. The van der Waals surface area contributed by atoms with Gasteiger partial charge in [0.2, 0.25) is 0 Å². The zero-order chi connectivity index (χ0) is 9.14. The predicted octanol–water partition coefficient (Wildman–Crippen LogP) is 0.111. The van der Waals surface area contributed by atoms with E-state index in [9.17, 15) is 0 Å². The summed E-state index contributed by atoms with van der Waals surface area (Å²) in [6.45, 7) is 2.04. The second-order valence-corrected chi connectivity index (χ2v) is 2.96. The van der Waals surface area contributed by atoms with Crippen molar-refractivity contribution in [3.05, 3.63) is 17.5 Å². The van der Waals surface area contributed by atoms with Crippen LogP contribution in [0.15, 0.2) is 6.20 Å². The van der Waals surface area contributed by atoms with E-state index in [4.69, 9.17) is 10.8 Å². The fourth-order valence-electron chi connectivity index (χ4n) is 1.28. The fourth-order valence-corrected chi connectivity index (χ4v) is 1.28. The molecule has 1 aromatic rings. The van der Waals surface area contributed by atoms with Crippen LogP contribution in [0.2, 0.25) is 0 Å². The number of aliphatic hydroxyl groups excluding tert-OH is 1. The lowest BCUT2D eigenvalue weighted by molar-refractivity contribution is 0.276. The van der Waals surface area contributed by atoms with E-state index in [1.165, 1.54) is 0 Å².